The van der Waals surface area contributed by atoms with Gasteiger partial charge in [0.1, 0.15) is 5.82 Å². The fourth-order valence-corrected chi connectivity index (χ4v) is 3.69. The van der Waals surface area contributed by atoms with E-state index >= 15 is 0 Å². The maximum Gasteiger partial charge on any atom is 0.224 e. The van der Waals surface area contributed by atoms with Gasteiger partial charge in [-0.05, 0) is 50.4 Å². The van der Waals surface area contributed by atoms with Crippen LogP contribution in [0.25, 0.3) is 0 Å². The first-order valence-electron chi connectivity index (χ1n) is 7.19. The maximum atomic E-state index is 13.5. The summed E-state index contributed by atoms with van der Waals surface area (Å²) in [7, 11) is 2.10. The molecule has 6 heteroatoms. The van der Waals surface area contributed by atoms with Crippen molar-refractivity contribution in [3.63, 3.8) is 0 Å². The Morgan fingerprint density at radius 1 is 1.57 bits per heavy atom. The second kappa shape index (κ2) is 7.66. The first-order valence-corrected chi connectivity index (χ1v) is 8.34. The summed E-state index contributed by atoms with van der Waals surface area (Å²) in [6.07, 6.45) is 2.38. The SMILES string of the molecule is CN(CCCC(=O)Nc1cc(N)ccc1F)C1CCSC1. The lowest BCUT2D eigenvalue weighted by atomic mass is 10.2. The Kier molecular flexibility index (Phi) is 5.87. The zero-order valence-corrected chi connectivity index (χ0v) is 13.1. The number of anilines is 2. The molecule has 1 saturated heterocycles. The molecule has 1 atom stereocenters. The molecule has 1 fully saturated rings. The van der Waals surface area contributed by atoms with E-state index in [2.05, 4.69) is 17.3 Å². The van der Waals surface area contributed by atoms with Crippen LogP contribution in [0.1, 0.15) is 19.3 Å². The summed E-state index contributed by atoms with van der Waals surface area (Å²) in [5, 5.41) is 2.58. The van der Waals surface area contributed by atoms with E-state index in [0.29, 0.717) is 18.2 Å². The van der Waals surface area contributed by atoms with Gasteiger partial charge in [0, 0.05) is 23.9 Å². The molecule has 4 nitrogen and oxygen atoms in total. The molecule has 0 radical (unpaired) electrons. The molecule has 1 amide bonds. The summed E-state index contributed by atoms with van der Waals surface area (Å²) >= 11 is 1.98. The molecule has 0 spiro atoms. The second-order valence-corrected chi connectivity index (χ2v) is 6.54. The van der Waals surface area contributed by atoms with Crippen LogP contribution in [0, 0.1) is 5.82 Å². The van der Waals surface area contributed by atoms with Gasteiger partial charge < -0.3 is 16.0 Å². The fraction of sp³-hybridized carbons (Fsp3) is 0.533. The summed E-state index contributed by atoms with van der Waals surface area (Å²) in [4.78, 5) is 14.2. The van der Waals surface area contributed by atoms with E-state index < -0.39 is 5.82 Å². The van der Waals surface area contributed by atoms with Crippen LogP contribution in [0.5, 0.6) is 0 Å². The van der Waals surface area contributed by atoms with Gasteiger partial charge in [0.25, 0.3) is 0 Å². The van der Waals surface area contributed by atoms with Crippen molar-refractivity contribution in [2.75, 3.05) is 36.1 Å². The second-order valence-electron chi connectivity index (χ2n) is 5.39. The molecule has 116 valence electrons. The van der Waals surface area contributed by atoms with E-state index in [4.69, 9.17) is 5.73 Å². The molecular formula is C15H22FN3OS. The molecule has 1 heterocycles. The van der Waals surface area contributed by atoms with Gasteiger partial charge in [-0.25, -0.2) is 4.39 Å². The van der Waals surface area contributed by atoms with Gasteiger partial charge in [0.15, 0.2) is 0 Å². The number of carbonyl (C=O) groups is 1. The molecule has 1 aromatic rings. The standard InChI is InChI=1S/C15H22FN3OS/c1-19(12-6-8-21-10-12)7-2-3-15(20)18-14-9-11(17)4-5-13(14)16/h4-5,9,12H,2-3,6-8,10,17H2,1H3,(H,18,20). The monoisotopic (exact) mass is 311 g/mol. The lowest BCUT2D eigenvalue weighted by molar-refractivity contribution is -0.116. The molecular weight excluding hydrogens is 289 g/mol. The Balaban J connectivity index is 1.73. The van der Waals surface area contributed by atoms with Gasteiger partial charge in [-0.1, -0.05) is 0 Å². The highest BCUT2D eigenvalue weighted by Gasteiger charge is 2.19. The van der Waals surface area contributed by atoms with Crippen molar-refractivity contribution in [1.29, 1.82) is 0 Å². The predicted molar refractivity (Wildman–Crippen MR) is 87.0 cm³/mol. The molecule has 3 N–H and O–H groups in total. The number of nitrogens with zero attached hydrogens (tertiary/aromatic N) is 1. The lowest BCUT2D eigenvalue weighted by Crippen LogP contribution is -2.32. The zero-order valence-electron chi connectivity index (χ0n) is 12.3. The minimum Gasteiger partial charge on any atom is -0.399 e. The van der Waals surface area contributed by atoms with Gasteiger partial charge in [-0.2, -0.15) is 11.8 Å². The Morgan fingerprint density at radius 2 is 2.38 bits per heavy atom. The third kappa shape index (κ3) is 4.89. The minimum absolute atomic E-state index is 0.153. The number of halogens is 1. The van der Waals surface area contributed by atoms with E-state index in [1.165, 1.54) is 36.1 Å². The minimum atomic E-state index is -0.461. The van der Waals surface area contributed by atoms with E-state index in [1.54, 1.807) is 0 Å². The summed E-state index contributed by atoms with van der Waals surface area (Å²) in [5.41, 5.74) is 6.17. The van der Waals surface area contributed by atoms with Crippen LogP contribution in [-0.2, 0) is 4.79 Å². The number of carbonyl (C=O) groups excluding carboxylic acids is 1. The molecule has 0 saturated carbocycles. The number of nitrogens with one attached hydrogen (secondary N) is 1. The van der Waals surface area contributed by atoms with Crippen LogP contribution < -0.4 is 11.1 Å². The van der Waals surface area contributed by atoms with Crippen molar-refractivity contribution in [2.24, 2.45) is 0 Å². The van der Waals surface area contributed by atoms with Crippen LogP contribution in [0.3, 0.4) is 0 Å². The highest BCUT2D eigenvalue weighted by atomic mass is 32.2. The molecule has 21 heavy (non-hydrogen) atoms. The first kappa shape index (κ1) is 16.1. The molecule has 1 aliphatic rings. The van der Waals surface area contributed by atoms with E-state index in [-0.39, 0.29) is 11.6 Å². The van der Waals surface area contributed by atoms with E-state index in [0.717, 1.165) is 13.0 Å². The van der Waals surface area contributed by atoms with Gasteiger partial charge in [0.2, 0.25) is 5.91 Å². The fourth-order valence-electron chi connectivity index (χ4n) is 2.39. The molecule has 0 bridgehead atoms. The normalized spacial score (nSPS) is 18.1. The molecule has 2 rings (SSSR count). The smallest absolute Gasteiger partial charge is 0.224 e. The van der Waals surface area contributed by atoms with Gasteiger partial charge in [0.05, 0.1) is 5.69 Å². The van der Waals surface area contributed by atoms with Crippen LogP contribution in [0.2, 0.25) is 0 Å². The van der Waals surface area contributed by atoms with Crippen molar-refractivity contribution < 1.29 is 9.18 Å². The molecule has 0 aromatic heterocycles. The summed E-state index contributed by atoms with van der Waals surface area (Å²) < 4.78 is 13.5. The Hall–Kier alpha value is -1.27. The van der Waals surface area contributed by atoms with Crippen molar-refractivity contribution in [3.8, 4) is 0 Å². The number of amides is 1. The Bertz CT molecular complexity index is 492. The van der Waals surface area contributed by atoms with Crippen LogP contribution in [0.15, 0.2) is 18.2 Å². The van der Waals surface area contributed by atoms with Crippen LogP contribution in [0.4, 0.5) is 15.8 Å². The van der Waals surface area contributed by atoms with Crippen molar-refractivity contribution in [2.45, 2.75) is 25.3 Å². The highest BCUT2D eigenvalue weighted by Crippen LogP contribution is 2.21. The number of hydrogen-bond donors (Lipinski definition) is 2. The summed E-state index contributed by atoms with van der Waals surface area (Å²) in [6.45, 7) is 0.887. The number of nitrogen functional groups attached to an aromatic ring is 1. The Labute approximate surface area is 129 Å². The number of benzene rings is 1. The topological polar surface area (TPSA) is 58.4 Å². The van der Waals surface area contributed by atoms with Gasteiger partial charge in [-0.3, -0.25) is 4.79 Å². The zero-order chi connectivity index (χ0) is 15.2. The van der Waals surface area contributed by atoms with Crippen molar-refractivity contribution in [3.05, 3.63) is 24.0 Å². The first-order chi connectivity index (χ1) is 10.1. The van der Waals surface area contributed by atoms with Crippen molar-refractivity contribution >= 4 is 29.0 Å². The lowest BCUT2D eigenvalue weighted by Gasteiger charge is -2.23. The van der Waals surface area contributed by atoms with Crippen LogP contribution >= 0.6 is 11.8 Å². The predicted octanol–water partition coefficient (Wildman–Crippen LogP) is 2.56. The molecule has 0 aliphatic carbocycles. The van der Waals surface area contributed by atoms with Gasteiger partial charge >= 0.3 is 0 Å². The molecule has 1 aliphatic heterocycles. The summed E-state index contributed by atoms with van der Waals surface area (Å²) in [5.74, 6) is 1.77. The third-order valence-corrected chi connectivity index (χ3v) is 4.85. The number of hydrogen-bond acceptors (Lipinski definition) is 4. The van der Waals surface area contributed by atoms with Crippen molar-refractivity contribution in [1.82, 2.24) is 4.90 Å². The molecule has 1 unspecified atom stereocenters. The third-order valence-electron chi connectivity index (χ3n) is 3.71. The Morgan fingerprint density at radius 3 is 3.10 bits per heavy atom. The number of thioether (sulfide) groups is 1. The quantitative estimate of drug-likeness (QED) is 0.793. The highest BCUT2D eigenvalue weighted by molar-refractivity contribution is 7.99. The average Bonchev–Trinajstić information content (AvgIpc) is 2.97. The average molecular weight is 311 g/mol. The number of rotatable bonds is 6. The van der Waals surface area contributed by atoms with Gasteiger partial charge in [-0.15, -0.1) is 0 Å². The summed E-state index contributed by atoms with van der Waals surface area (Å²) in [6, 6.07) is 4.80. The van der Waals surface area contributed by atoms with E-state index in [1.807, 2.05) is 11.8 Å². The number of nitrogens with two attached hydrogens (primary N) is 1. The van der Waals surface area contributed by atoms with Crippen LogP contribution in [-0.4, -0.2) is 41.9 Å². The van der Waals surface area contributed by atoms with E-state index in [9.17, 15) is 9.18 Å². The maximum absolute atomic E-state index is 13.5. The largest absolute Gasteiger partial charge is 0.399 e. The molecule has 1 aromatic carbocycles.